The summed E-state index contributed by atoms with van der Waals surface area (Å²) in [5, 5.41) is 0. The molecule has 0 aliphatic rings. The zero-order valence-corrected chi connectivity index (χ0v) is 12.1. The Kier molecular flexibility index (Phi) is 6.05. The summed E-state index contributed by atoms with van der Waals surface area (Å²) in [5.74, 6) is 0.698. The Labute approximate surface area is 113 Å². The fourth-order valence-electron chi connectivity index (χ4n) is 1.67. The number of aryl methyl sites for hydroxylation is 1. The molecule has 0 bridgehead atoms. The number of esters is 1. The molecule has 3 nitrogen and oxygen atoms in total. The molecule has 0 spiro atoms. The summed E-state index contributed by atoms with van der Waals surface area (Å²) in [4.78, 5) is 12.7. The highest BCUT2D eigenvalue weighted by molar-refractivity contribution is 7.99. The van der Waals surface area contributed by atoms with Gasteiger partial charge in [0.1, 0.15) is 0 Å². The molecule has 1 aromatic carbocycles. The van der Waals surface area contributed by atoms with Gasteiger partial charge in [-0.05, 0) is 36.8 Å². The van der Waals surface area contributed by atoms with Gasteiger partial charge in [0, 0.05) is 10.6 Å². The van der Waals surface area contributed by atoms with Crippen molar-refractivity contribution in [3.8, 4) is 0 Å². The standard InChI is InChI=1S/C14H21NO2S/c1-4-5-6-7-18-11-8-10(2)13(15)12(9-11)14(16)17-3/h8-9H,4-7,15H2,1-3H3. The molecule has 0 heterocycles. The number of carbonyl (C=O) groups excluding carboxylic acids is 1. The Bertz CT molecular complexity index is 419. The molecule has 0 aromatic heterocycles. The molecule has 18 heavy (non-hydrogen) atoms. The number of hydrogen-bond donors (Lipinski definition) is 1. The molecule has 0 unspecified atom stereocenters. The summed E-state index contributed by atoms with van der Waals surface area (Å²) in [7, 11) is 1.37. The molecule has 0 fully saturated rings. The van der Waals surface area contributed by atoms with E-state index < -0.39 is 0 Å². The van der Waals surface area contributed by atoms with Crippen molar-refractivity contribution in [3.05, 3.63) is 23.3 Å². The van der Waals surface area contributed by atoms with Crippen LogP contribution in [0.2, 0.25) is 0 Å². The smallest absolute Gasteiger partial charge is 0.340 e. The summed E-state index contributed by atoms with van der Waals surface area (Å²) in [6.45, 7) is 4.10. The quantitative estimate of drug-likeness (QED) is 0.370. The highest BCUT2D eigenvalue weighted by Crippen LogP contribution is 2.27. The minimum atomic E-state index is -0.369. The van der Waals surface area contributed by atoms with Crippen LogP contribution in [-0.2, 0) is 4.74 Å². The largest absolute Gasteiger partial charge is 0.465 e. The van der Waals surface area contributed by atoms with E-state index in [1.807, 2.05) is 19.1 Å². The summed E-state index contributed by atoms with van der Waals surface area (Å²) in [6.07, 6.45) is 3.65. The van der Waals surface area contributed by atoms with E-state index in [1.165, 1.54) is 26.4 Å². The second-order valence-corrected chi connectivity index (χ2v) is 5.42. The van der Waals surface area contributed by atoms with E-state index in [0.717, 1.165) is 16.2 Å². The lowest BCUT2D eigenvalue weighted by atomic mass is 10.1. The van der Waals surface area contributed by atoms with Gasteiger partial charge in [-0.1, -0.05) is 19.8 Å². The predicted octanol–water partition coefficient (Wildman–Crippen LogP) is 3.65. The van der Waals surface area contributed by atoms with Gasteiger partial charge in [0.2, 0.25) is 0 Å². The lowest BCUT2D eigenvalue weighted by Gasteiger charge is -2.10. The number of benzene rings is 1. The van der Waals surface area contributed by atoms with E-state index in [1.54, 1.807) is 11.8 Å². The first-order valence-electron chi connectivity index (χ1n) is 6.21. The Morgan fingerprint density at radius 2 is 2.11 bits per heavy atom. The Hall–Kier alpha value is -1.16. The second kappa shape index (κ2) is 7.31. The van der Waals surface area contributed by atoms with Crippen LogP contribution in [0.5, 0.6) is 0 Å². The summed E-state index contributed by atoms with van der Waals surface area (Å²) in [5.41, 5.74) is 7.80. The number of hydrogen-bond acceptors (Lipinski definition) is 4. The Morgan fingerprint density at radius 3 is 2.72 bits per heavy atom. The zero-order valence-electron chi connectivity index (χ0n) is 11.3. The second-order valence-electron chi connectivity index (χ2n) is 4.25. The number of anilines is 1. The van der Waals surface area contributed by atoms with Crippen LogP contribution >= 0.6 is 11.8 Å². The third-order valence-corrected chi connectivity index (χ3v) is 3.84. The maximum absolute atomic E-state index is 11.6. The molecule has 2 N–H and O–H groups in total. The molecule has 0 atom stereocenters. The van der Waals surface area contributed by atoms with Crippen LogP contribution in [0.4, 0.5) is 5.69 Å². The normalized spacial score (nSPS) is 10.4. The highest BCUT2D eigenvalue weighted by Gasteiger charge is 2.13. The van der Waals surface area contributed by atoms with Gasteiger partial charge in [0.15, 0.2) is 0 Å². The van der Waals surface area contributed by atoms with Crippen molar-refractivity contribution in [1.29, 1.82) is 0 Å². The van der Waals surface area contributed by atoms with Gasteiger partial charge < -0.3 is 10.5 Å². The molecule has 0 radical (unpaired) electrons. The van der Waals surface area contributed by atoms with Gasteiger partial charge in [-0.15, -0.1) is 11.8 Å². The average molecular weight is 267 g/mol. The number of unbranched alkanes of at least 4 members (excludes halogenated alkanes) is 2. The van der Waals surface area contributed by atoms with Crippen LogP contribution in [0.25, 0.3) is 0 Å². The Morgan fingerprint density at radius 1 is 1.39 bits per heavy atom. The van der Waals surface area contributed by atoms with Crippen molar-refractivity contribution in [2.75, 3.05) is 18.6 Å². The summed E-state index contributed by atoms with van der Waals surface area (Å²) in [6, 6.07) is 3.85. The maximum atomic E-state index is 11.6. The fraction of sp³-hybridized carbons (Fsp3) is 0.500. The van der Waals surface area contributed by atoms with Crippen LogP contribution in [0.1, 0.15) is 42.1 Å². The first-order chi connectivity index (χ1) is 8.60. The SMILES string of the molecule is CCCCCSc1cc(C)c(N)c(C(=O)OC)c1. The molecule has 0 aliphatic heterocycles. The van der Waals surface area contributed by atoms with E-state index in [0.29, 0.717) is 11.3 Å². The lowest BCUT2D eigenvalue weighted by Crippen LogP contribution is -2.07. The molecule has 4 heteroatoms. The van der Waals surface area contributed by atoms with Gasteiger partial charge in [-0.25, -0.2) is 4.79 Å². The van der Waals surface area contributed by atoms with Crippen LogP contribution in [0.3, 0.4) is 0 Å². The van der Waals surface area contributed by atoms with Gasteiger partial charge in [-0.3, -0.25) is 0 Å². The molecule has 100 valence electrons. The molecule has 0 aliphatic carbocycles. The van der Waals surface area contributed by atoms with Crippen molar-refractivity contribution < 1.29 is 9.53 Å². The number of thioether (sulfide) groups is 1. The van der Waals surface area contributed by atoms with Crippen molar-refractivity contribution in [3.63, 3.8) is 0 Å². The van der Waals surface area contributed by atoms with E-state index in [2.05, 4.69) is 6.92 Å². The van der Waals surface area contributed by atoms with Crippen LogP contribution in [-0.4, -0.2) is 18.8 Å². The number of nitrogens with two attached hydrogens (primary N) is 1. The summed E-state index contributed by atoms with van der Waals surface area (Å²) >= 11 is 1.76. The number of carbonyl (C=O) groups is 1. The average Bonchev–Trinajstić information content (AvgIpc) is 2.37. The molecule has 0 saturated carbocycles. The molecule has 0 amide bonds. The van der Waals surface area contributed by atoms with Gasteiger partial charge >= 0.3 is 5.97 Å². The highest BCUT2D eigenvalue weighted by atomic mass is 32.2. The number of ether oxygens (including phenoxy) is 1. The molecular weight excluding hydrogens is 246 g/mol. The van der Waals surface area contributed by atoms with Crippen LogP contribution in [0, 0.1) is 6.92 Å². The first kappa shape index (κ1) is 14.9. The number of methoxy groups -OCH3 is 1. The first-order valence-corrected chi connectivity index (χ1v) is 7.20. The van der Waals surface area contributed by atoms with E-state index in [9.17, 15) is 4.79 Å². The minimum absolute atomic E-state index is 0.369. The molecule has 1 rings (SSSR count). The van der Waals surface area contributed by atoms with E-state index in [4.69, 9.17) is 10.5 Å². The van der Waals surface area contributed by atoms with Gasteiger partial charge in [-0.2, -0.15) is 0 Å². The van der Waals surface area contributed by atoms with Crippen LogP contribution < -0.4 is 5.73 Å². The maximum Gasteiger partial charge on any atom is 0.340 e. The van der Waals surface area contributed by atoms with Crippen LogP contribution in [0.15, 0.2) is 17.0 Å². The third kappa shape index (κ3) is 3.95. The van der Waals surface area contributed by atoms with Crippen molar-refractivity contribution in [2.24, 2.45) is 0 Å². The Balaban J connectivity index is 2.81. The third-order valence-electron chi connectivity index (χ3n) is 2.78. The van der Waals surface area contributed by atoms with E-state index >= 15 is 0 Å². The minimum Gasteiger partial charge on any atom is -0.465 e. The van der Waals surface area contributed by atoms with Gasteiger partial charge in [0.25, 0.3) is 0 Å². The monoisotopic (exact) mass is 267 g/mol. The van der Waals surface area contributed by atoms with E-state index in [-0.39, 0.29) is 5.97 Å². The van der Waals surface area contributed by atoms with Gasteiger partial charge in [0.05, 0.1) is 12.7 Å². The zero-order chi connectivity index (χ0) is 13.5. The fourth-order valence-corrected chi connectivity index (χ4v) is 2.71. The molecule has 1 aromatic rings. The number of nitrogen functional groups attached to an aromatic ring is 1. The lowest BCUT2D eigenvalue weighted by molar-refractivity contribution is 0.0601. The van der Waals surface area contributed by atoms with Crippen molar-refractivity contribution >= 4 is 23.4 Å². The molecule has 0 saturated heterocycles. The topological polar surface area (TPSA) is 52.3 Å². The predicted molar refractivity (Wildman–Crippen MR) is 77.2 cm³/mol. The molecular formula is C14H21NO2S. The van der Waals surface area contributed by atoms with Crippen molar-refractivity contribution in [2.45, 2.75) is 38.0 Å². The number of rotatable bonds is 6. The summed E-state index contributed by atoms with van der Waals surface area (Å²) < 4.78 is 4.74. The van der Waals surface area contributed by atoms with Crippen molar-refractivity contribution in [1.82, 2.24) is 0 Å².